The summed E-state index contributed by atoms with van der Waals surface area (Å²) in [6.45, 7) is 10.2. The molecule has 0 aliphatic carbocycles. The summed E-state index contributed by atoms with van der Waals surface area (Å²) in [5, 5.41) is 9.40. The van der Waals surface area contributed by atoms with Gasteiger partial charge in [-0.05, 0) is 54.8 Å². The summed E-state index contributed by atoms with van der Waals surface area (Å²) < 4.78 is 0. The molecule has 0 bridgehead atoms. The molecule has 2 heterocycles. The highest BCUT2D eigenvalue weighted by atomic mass is 16.2. The van der Waals surface area contributed by atoms with Crippen molar-refractivity contribution in [3.63, 3.8) is 0 Å². The fourth-order valence-electron chi connectivity index (χ4n) is 6.43. The second-order valence-corrected chi connectivity index (χ2v) is 11.9. The maximum Gasteiger partial charge on any atom is 0.323 e. The van der Waals surface area contributed by atoms with E-state index in [-0.39, 0.29) is 18.0 Å². The Hall–Kier alpha value is -4.66. The van der Waals surface area contributed by atoms with E-state index in [1.54, 1.807) is 0 Å². The molecular weight excluding hydrogens is 560 g/mol. The summed E-state index contributed by atoms with van der Waals surface area (Å²) >= 11 is 0. The Labute approximate surface area is 266 Å². The summed E-state index contributed by atoms with van der Waals surface area (Å²) in [5.41, 5.74) is 7.57. The van der Waals surface area contributed by atoms with Gasteiger partial charge in [0.05, 0.1) is 17.4 Å². The lowest BCUT2D eigenvalue weighted by atomic mass is 9.96. The van der Waals surface area contributed by atoms with Crippen LogP contribution in [0.15, 0.2) is 97.1 Å². The quantitative estimate of drug-likeness (QED) is 0.245. The molecule has 0 radical (unpaired) electrons. The van der Waals surface area contributed by atoms with Crippen LogP contribution in [-0.2, 0) is 0 Å². The molecule has 6 rings (SSSR count). The average molecular weight is 603 g/mol. The van der Waals surface area contributed by atoms with Crippen LogP contribution in [0.25, 0.3) is 0 Å². The van der Waals surface area contributed by atoms with Crippen molar-refractivity contribution in [2.45, 2.75) is 19.9 Å². The summed E-state index contributed by atoms with van der Waals surface area (Å²) in [7, 11) is 0. The molecule has 2 aliphatic rings. The smallest absolute Gasteiger partial charge is 0.323 e. The van der Waals surface area contributed by atoms with Gasteiger partial charge in [0, 0.05) is 63.6 Å². The maximum absolute atomic E-state index is 13.4. The lowest BCUT2D eigenvalue weighted by Crippen LogP contribution is -2.48. The number of benzene rings is 4. The molecule has 4 aromatic carbocycles. The predicted molar refractivity (Wildman–Crippen MR) is 182 cm³/mol. The van der Waals surface area contributed by atoms with Crippen molar-refractivity contribution >= 4 is 29.0 Å². The minimum Gasteiger partial charge on any atom is -0.367 e. The van der Waals surface area contributed by atoms with Crippen LogP contribution in [0.4, 0.5) is 21.9 Å². The molecule has 8 heteroatoms. The molecule has 0 unspecified atom stereocenters. The van der Waals surface area contributed by atoms with E-state index in [1.807, 2.05) is 55.1 Å². The molecular formula is C37H42N6O2. The van der Waals surface area contributed by atoms with Crippen LogP contribution < -0.4 is 20.9 Å². The van der Waals surface area contributed by atoms with Crippen LogP contribution in [0, 0.1) is 13.8 Å². The van der Waals surface area contributed by atoms with Crippen molar-refractivity contribution in [3.8, 4) is 0 Å². The van der Waals surface area contributed by atoms with Crippen LogP contribution in [0.3, 0.4) is 0 Å². The predicted octanol–water partition coefficient (Wildman–Crippen LogP) is 5.90. The number of hydrogen-bond acceptors (Lipinski definition) is 5. The van der Waals surface area contributed by atoms with E-state index in [4.69, 9.17) is 0 Å². The van der Waals surface area contributed by atoms with Gasteiger partial charge in [0.15, 0.2) is 0 Å². The van der Waals surface area contributed by atoms with Crippen molar-refractivity contribution < 1.29 is 9.59 Å². The highest BCUT2D eigenvalue weighted by molar-refractivity contribution is 6.04. The van der Waals surface area contributed by atoms with Gasteiger partial charge >= 0.3 is 6.03 Å². The Morgan fingerprint density at radius 2 is 1.31 bits per heavy atom. The number of rotatable bonds is 7. The van der Waals surface area contributed by atoms with Gasteiger partial charge < -0.3 is 25.8 Å². The zero-order valence-electron chi connectivity index (χ0n) is 26.1. The van der Waals surface area contributed by atoms with Crippen molar-refractivity contribution in [2.75, 3.05) is 67.9 Å². The average Bonchev–Trinajstić information content (AvgIpc) is 3.07. The molecule has 2 saturated heterocycles. The molecule has 3 N–H and O–H groups in total. The first-order valence-electron chi connectivity index (χ1n) is 15.8. The van der Waals surface area contributed by atoms with Crippen LogP contribution in [0.1, 0.15) is 38.7 Å². The number of anilines is 3. The molecule has 3 amide bonds. The van der Waals surface area contributed by atoms with Crippen LogP contribution in [0.5, 0.6) is 0 Å². The summed E-state index contributed by atoms with van der Waals surface area (Å²) in [6, 6.07) is 32.9. The van der Waals surface area contributed by atoms with E-state index in [1.165, 1.54) is 11.1 Å². The highest BCUT2D eigenvalue weighted by Crippen LogP contribution is 2.33. The number of piperazine rings is 2. The normalized spacial score (nSPS) is 15.6. The molecule has 0 saturated carbocycles. The standard InChI is InChI=1S/C37H42N6O2/c1-27-13-15-32(28(2)25-27)39-37(45)40-33-26-31(36(44)43-19-17-38-18-20-43)14-16-34(33)41-21-23-42(24-22-41)35(29-9-5-3-6-10-29)30-11-7-4-8-12-30/h3-16,25-26,35,38H,17-24H2,1-2H3,(H2,39,40,45). The first kappa shape index (κ1) is 30.4. The number of amides is 3. The van der Waals surface area contributed by atoms with Crippen molar-refractivity contribution in [1.29, 1.82) is 0 Å². The number of carbonyl (C=O) groups is 2. The van der Waals surface area contributed by atoms with E-state index in [0.29, 0.717) is 24.3 Å². The molecule has 2 fully saturated rings. The number of aryl methyl sites for hydroxylation is 2. The zero-order chi connectivity index (χ0) is 31.2. The van der Waals surface area contributed by atoms with Crippen molar-refractivity contribution in [2.24, 2.45) is 0 Å². The lowest BCUT2D eigenvalue weighted by molar-refractivity contribution is 0.0736. The Morgan fingerprint density at radius 3 is 1.93 bits per heavy atom. The Kier molecular flexibility index (Phi) is 9.43. The first-order chi connectivity index (χ1) is 22.0. The number of nitrogens with zero attached hydrogens (tertiary/aromatic N) is 3. The van der Waals surface area contributed by atoms with Gasteiger partial charge in [0.25, 0.3) is 5.91 Å². The van der Waals surface area contributed by atoms with Crippen LogP contribution in [-0.4, -0.2) is 74.1 Å². The number of hydrogen-bond donors (Lipinski definition) is 3. The summed E-state index contributed by atoms with van der Waals surface area (Å²) in [5.74, 6) is -0.0146. The molecule has 0 spiro atoms. The van der Waals surface area contributed by atoms with E-state index >= 15 is 0 Å². The van der Waals surface area contributed by atoms with Gasteiger partial charge in [-0.3, -0.25) is 9.69 Å². The summed E-state index contributed by atoms with van der Waals surface area (Å²) in [6.07, 6.45) is 0. The Balaban J connectivity index is 1.24. The fraction of sp³-hybridized carbons (Fsp3) is 0.297. The van der Waals surface area contributed by atoms with Gasteiger partial charge in [0.2, 0.25) is 0 Å². The maximum atomic E-state index is 13.4. The molecule has 232 valence electrons. The topological polar surface area (TPSA) is 79.9 Å². The van der Waals surface area contributed by atoms with E-state index in [2.05, 4.69) is 86.4 Å². The molecule has 0 atom stereocenters. The third-order valence-electron chi connectivity index (χ3n) is 8.78. The Bertz CT molecular complexity index is 1570. The molecule has 45 heavy (non-hydrogen) atoms. The monoisotopic (exact) mass is 602 g/mol. The van der Waals surface area contributed by atoms with Gasteiger partial charge in [-0.25, -0.2) is 4.79 Å². The van der Waals surface area contributed by atoms with Crippen LogP contribution >= 0.6 is 0 Å². The van der Waals surface area contributed by atoms with Gasteiger partial charge in [-0.2, -0.15) is 0 Å². The van der Waals surface area contributed by atoms with Gasteiger partial charge in [-0.15, -0.1) is 0 Å². The first-order valence-corrected chi connectivity index (χ1v) is 15.8. The van der Waals surface area contributed by atoms with E-state index in [9.17, 15) is 9.59 Å². The molecule has 8 nitrogen and oxygen atoms in total. The van der Waals surface area contributed by atoms with Gasteiger partial charge in [-0.1, -0.05) is 78.4 Å². The molecule has 2 aliphatic heterocycles. The number of carbonyl (C=O) groups excluding carboxylic acids is 2. The fourth-order valence-corrected chi connectivity index (χ4v) is 6.43. The second-order valence-electron chi connectivity index (χ2n) is 11.9. The van der Waals surface area contributed by atoms with Gasteiger partial charge in [0.1, 0.15) is 0 Å². The summed E-state index contributed by atoms with van der Waals surface area (Å²) in [4.78, 5) is 33.5. The Morgan fingerprint density at radius 1 is 0.689 bits per heavy atom. The number of nitrogens with one attached hydrogen (secondary N) is 3. The zero-order valence-corrected chi connectivity index (χ0v) is 26.1. The van der Waals surface area contributed by atoms with E-state index < -0.39 is 0 Å². The molecule has 0 aromatic heterocycles. The van der Waals surface area contributed by atoms with Crippen molar-refractivity contribution in [1.82, 2.24) is 15.1 Å². The minimum atomic E-state index is -0.332. The lowest BCUT2D eigenvalue weighted by Gasteiger charge is -2.41. The third kappa shape index (κ3) is 7.19. The van der Waals surface area contributed by atoms with Crippen molar-refractivity contribution in [3.05, 3.63) is 125 Å². The van der Waals surface area contributed by atoms with E-state index in [0.717, 1.165) is 61.8 Å². The third-order valence-corrected chi connectivity index (χ3v) is 8.78. The SMILES string of the molecule is Cc1ccc(NC(=O)Nc2cc(C(=O)N3CCNCC3)ccc2N2CCN(C(c3ccccc3)c3ccccc3)CC2)c(C)c1. The van der Waals surface area contributed by atoms with Crippen LogP contribution in [0.2, 0.25) is 0 Å². The highest BCUT2D eigenvalue weighted by Gasteiger charge is 2.28. The minimum absolute atomic E-state index is 0.0146. The molecule has 4 aromatic rings. The number of urea groups is 1. The largest absolute Gasteiger partial charge is 0.367 e. The second kappa shape index (κ2) is 14.0.